The molecule has 1 saturated carbocycles. The summed E-state index contributed by atoms with van der Waals surface area (Å²) in [5.74, 6) is 1.71. The van der Waals surface area contributed by atoms with Crippen LogP contribution in [-0.2, 0) is 11.0 Å². The minimum absolute atomic E-state index is 0.422. The van der Waals surface area contributed by atoms with E-state index >= 15 is 0 Å². The highest BCUT2D eigenvalue weighted by Gasteiger charge is 2.29. The van der Waals surface area contributed by atoms with Gasteiger partial charge in [-0.15, -0.1) is 0 Å². The molecular formula is C19H22N6OS. The molecule has 1 unspecified atom stereocenters. The van der Waals surface area contributed by atoms with Crippen LogP contribution in [0.15, 0.2) is 41.7 Å². The third-order valence-electron chi connectivity index (χ3n) is 5.34. The van der Waals surface area contributed by atoms with Crippen LogP contribution in [0.5, 0.6) is 0 Å². The van der Waals surface area contributed by atoms with Gasteiger partial charge in [-0.25, -0.2) is 9.19 Å². The molecule has 0 aromatic carbocycles. The molecule has 1 aliphatic heterocycles. The fourth-order valence-corrected chi connectivity index (χ4v) is 4.50. The van der Waals surface area contributed by atoms with Gasteiger partial charge in [-0.05, 0) is 56.8 Å². The molecule has 1 atom stereocenters. The molecule has 4 heterocycles. The van der Waals surface area contributed by atoms with Gasteiger partial charge in [-0.3, -0.25) is 9.71 Å². The van der Waals surface area contributed by atoms with Gasteiger partial charge in [0.1, 0.15) is 5.82 Å². The molecule has 8 heteroatoms. The van der Waals surface area contributed by atoms with Gasteiger partial charge in [0, 0.05) is 35.6 Å². The van der Waals surface area contributed by atoms with Crippen molar-refractivity contribution in [2.45, 2.75) is 42.4 Å². The molecule has 3 aromatic rings. The lowest BCUT2D eigenvalue weighted by atomic mass is 9.94. The van der Waals surface area contributed by atoms with Crippen LogP contribution in [0.1, 0.15) is 48.8 Å². The molecule has 140 valence electrons. The summed E-state index contributed by atoms with van der Waals surface area (Å²) in [5, 5.41) is 7.95. The number of nitrogens with zero attached hydrogens (tertiary/aromatic N) is 4. The summed E-state index contributed by atoms with van der Waals surface area (Å²) in [5.41, 5.74) is 3.18. The van der Waals surface area contributed by atoms with E-state index in [4.69, 9.17) is 4.98 Å². The monoisotopic (exact) mass is 382 g/mol. The highest BCUT2D eigenvalue weighted by atomic mass is 32.2. The Morgan fingerprint density at radius 1 is 1.15 bits per heavy atom. The zero-order valence-electron chi connectivity index (χ0n) is 15.0. The average molecular weight is 382 g/mol. The van der Waals surface area contributed by atoms with Gasteiger partial charge in [0.25, 0.3) is 0 Å². The fraction of sp³-hybridized carbons (Fsp3) is 0.421. The Bertz CT molecular complexity index is 979. The zero-order chi connectivity index (χ0) is 18.2. The predicted molar refractivity (Wildman–Crippen MR) is 104 cm³/mol. The van der Waals surface area contributed by atoms with Crippen LogP contribution in [0.3, 0.4) is 0 Å². The van der Waals surface area contributed by atoms with Crippen LogP contribution < -0.4 is 10.0 Å². The minimum Gasteiger partial charge on any atom is -0.317 e. The number of hydrogen-bond acceptors (Lipinski definition) is 5. The predicted octanol–water partition coefficient (Wildman–Crippen LogP) is 2.60. The molecule has 7 nitrogen and oxygen atoms in total. The van der Waals surface area contributed by atoms with Crippen molar-refractivity contribution in [3.05, 3.63) is 48.0 Å². The SMILES string of the molecule is O=S(Nc1cc(C2CCNCC2)nc2c(C3CC3)cnn12)c1cccnc1. The summed E-state index contributed by atoms with van der Waals surface area (Å²) in [4.78, 5) is 9.68. The Morgan fingerprint density at radius 2 is 2.00 bits per heavy atom. The van der Waals surface area contributed by atoms with E-state index in [1.807, 2.05) is 12.3 Å². The number of hydrogen-bond donors (Lipinski definition) is 2. The van der Waals surface area contributed by atoms with Gasteiger partial charge in [0.05, 0.1) is 11.1 Å². The lowest BCUT2D eigenvalue weighted by Gasteiger charge is -2.23. The number of piperidine rings is 1. The molecule has 5 rings (SSSR count). The molecular weight excluding hydrogens is 360 g/mol. The van der Waals surface area contributed by atoms with Crippen molar-refractivity contribution in [3.8, 4) is 0 Å². The molecule has 2 fully saturated rings. The first kappa shape index (κ1) is 16.8. The van der Waals surface area contributed by atoms with Gasteiger partial charge in [0.15, 0.2) is 16.6 Å². The zero-order valence-corrected chi connectivity index (χ0v) is 15.8. The average Bonchev–Trinajstić information content (AvgIpc) is 3.48. The summed E-state index contributed by atoms with van der Waals surface area (Å²) >= 11 is 0. The molecule has 0 bridgehead atoms. The van der Waals surface area contributed by atoms with Crippen molar-refractivity contribution >= 4 is 22.5 Å². The first-order valence-electron chi connectivity index (χ1n) is 9.47. The van der Waals surface area contributed by atoms with Gasteiger partial charge in [-0.1, -0.05) is 0 Å². The molecule has 0 radical (unpaired) electrons. The Kier molecular flexibility index (Phi) is 4.37. The Morgan fingerprint density at radius 3 is 2.74 bits per heavy atom. The Labute approximate surface area is 160 Å². The van der Waals surface area contributed by atoms with Crippen LogP contribution >= 0.6 is 0 Å². The number of pyridine rings is 1. The number of fused-ring (bicyclic) bond motifs is 1. The topological polar surface area (TPSA) is 84.2 Å². The molecule has 0 spiro atoms. The molecule has 0 amide bonds. The second-order valence-electron chi connectivity index (χ2n) is 7.26. The number of nitrogens with one attached hydrogen (secondary N) is 2. The maximum Gasteiger partial charge on any atom is 0.161 e. The maximum atomic E-state index is 12.8. The molecule has 1 aliphatic carbocycles. The van der Waals surface area contributed by atoms with E-state index < -0.39 is 11.0 Å². The Balaban J connectivity index is 1.56. The summed E-state index contributed by atoms with van der Waals surface area (Å²) in [6.07, 6.45) is 9.76. The molecule has 3 aromatic heterocycles. The largest absolute Gasteiger partial charge is 0.317 e. The minimum atomic E-state index is -1.40. The maximum absolute atomic E-state index is 12.8. The van der Waals surface area contributed by atoms with E-state index in [-0.39, 0.29) is 0 Å². The summed E-state index contributed by atoms with van der Waals surface area (Å²) in [6.45, 7) is 2.02. The van der Waals surface area contributed by atoms with Crippen LogP contribution in [0.2, 0.25) is 0 Å². The van der Waals surface area contributed by atoms with Crippen molar-refractivity contribution in [2.75, 3.05) is 17.8 Å². The lowest BCUT2D eigenvalue weighted by molar-refractivity contribution is 0.453. The third-order valence-corrected chi connectivity index (χ3v) is 6.40. The van der Waals surface area contributed by atoms with Crippen molar-refractivity contribution in [2.24, 2.45) is 0 Å². The number of aromatic nitrogens is 4. The van der Waals surface area contributed by atoms with E-state index in [0.717, 1.165) is 43.1 Å². The Hall–Kier alpha value is -2.32. The highest BCUT2D eigenvalue weighted by molar-refractivity contribution is 7.86. The summed E-state index contributed by atoms with van der Waals surface area (Å²) in [6, 6.07) is 5.61. The molecule has 2 N–H and O–H groups in total. The molecule has 27 heavy (non-hydrogen) atoms. The number of rotatable bonds is 5. The van der Waals surface area contributed by atoms with Crippen molar-refractivity contribution in [1.82, 2.24) is 24.9 Å². The van der Waals surface area contributed by atoms with E-state index in [1.54, 1.807) is 29.0 Å². The quantitative estimate of drug-likeness (QED) is 0.709. The van der Waals surface area contributed by atoms with E-state index in [1.165, 1.54) is 18.4 Å². The normalized spacial score (nSPS) is 19.3. The van der Waals surface area contributed by atoms with Crippen molar-refractivity contribution in [3.63, 3.8) is 0 Å². The third kappa shape index (κ3) is 3.35. The highest BCUT2D eigenvalue weighted by Crippen LogP contribution is 2.42. The molecule has 2 aliphatic rings. The van der Waals surface area contributed by atoms with Crippen LogP contribution in [0, 0.1) is 0 Å². The summed E-state index contributed by atoms with van der Waals surface area (Å²) in [7, 11) is -1.40. The van der Waals surface area contributed by atoms with Gasteiger partial charge < -0.3 is 5.32 Å². The van der Waals surface area contributed by atoms with Gasteiger partial charge in [0.2, 0.25) is 0 Å². The number of anilines is 1. The first-order chi connectivity index (χ1) is 13.3. The van der Waals surface area contributed by atoms with Crippen molar-refractivity contribution < 1.29 is 4.21 Å². The molecule has 1 saturated heterocycles. The lowest BCUT2D eigenvalue weighted by Crippen LogP contribution is -2.27. The van der Waals surface area contributed by atoms with E-state index in [2.05, 4.69) is 20.1 Å². The summed E-state index contributed by atoms with van der Waals surface area (Å²) < 4.78 is 17.7. The van der Waals surface area contributed by atoms with Crippen LogP contribution in [0.25, 0.3) is 5.65 Å². The second-order valence-corrected chi connectivity index (χ2v) is 8.47. The van der Waals surface area contributed by atoms with Gasteiger partial charge >= 0.3 is 0 Å². The smallest absolute Gasteiger partial charge is 0.161 e. The second kappa shape index (κ2) is 7.01. The van der Waals surface area contributed by atoms with Crippen LogP contribution in [-0.4, -0.2) is 36.9 Å². The first-order valence-corrected chi connectivity index (χ1v) is 10.6. The van der Waals surface area contributed by atoms with Crippen molar-refractivity contribution in [1.29, 1.82) is 0 Å². The van der Waals surface area contributed by atoms with E-state index in [9.17, 15) is 4.21 Å². The van der Waals surface area contributed by atoms with E-state index in [0.29, 0.717) is 16.7 Å². The standard InChI is InChI=1S/C19H22N6OS/c26-27(15-2-1-7-21-11-15)24-18-10-17(14-5-8-20-9-6-14)23-19-16(13-3-4-13)12-22-25(18)19/h1-2,7,10-14,20,24H,3-6,8-9H2. The van der Waals surface area contributed by atoms with Crippen LogP contribution in [0.4, 0.5) is 5.82 Å². The fourth-order valence-electron chi connectivity index (χ4n) is 3.69. The van der Waals surface area contributed by atoms with Gasteiger partial charge in [-0.2, -0.15) is 9.61 Å².